The number of carboxylic acid groups (broad SMARTS) is 1. The summed E-state index contributed by atoms with van der Waals surface area (Å²) in [6.45, 7) is 0. The van der Waals surface area contributed by atoms with E-state index in [0.29, 0.717) is 0 Å². The van der Waals surface area contributed by atoms with Gasteiger partial charge >= 0.3 is 5.97 Å². The molecule has 0 bridgehead atoms. The largest absolute Gasteiger partial charge is 0.476 e. The molecule has 0 saturated heterocycles. The van der Waals surface area contributed by atoms with Crippen molar-refractivity contribution in [2.75, 3.05) is 0 Å². The quantitative estimate of drug-likeness (QED) is 0.760. The Labute approximate surface area is 82.0 Å². The Kier molecular flexibility index (Phi) is 1.93. The first-order valence-electron chi connectivity index (χ1n) is 3.87. The number of carboxylic acids is 1. The van der Waals surface area contributed by atoms with Crippen LogP contribution in [-0.2, 0) is 0 Å². The summed E-state index contributed by atoms with van der Waals surface area (Å²) in [4.78, 5) is 24.7. The molecule has 2 heterocycles. The van der Waals surface area contributed by atoms with Crippen molar-refractivity contribution in [3.8, 4) is 0 Å². The molecule has 0 spiro atoms. The van der Waals surface area contributed by atoms with Gasteiger partial charge in [0.1, 0.15) is 11.5 Å². The van der Waals surface area contributed by atoms with Crippen molar-refractivity contribution in [3.05, 3.63) is 34.7 Å². The van der Waals surface area contributed by atoms with Crippen LogP contribution < -0.4 is 0 Å². The van der Waals surface area contributed by atoms with Crippen LogP contribution in [0.4, 0.5) is 10.2 Å². The fourth-order valence-corrected chi connectivity index (χ4v) is 1.24. The summed E-state index contributed by atoms with van der Waals surface area (Å²) in [5, 5.41) is 11.2. The fourth-order valence-electron chi connectivity index (χ4n) is 1.24. The van der Waals surface area contributed by atoms with Crippen molar-refractivity contribution < 1.29 is 14.3 Å². The Balaban J connectivity index is 2.85. The van der Waals surface area contributed by atoms with Gasteiger partial charge in [-0.3, -0.25) is 4.40 Å². The Morgan fingerprint density at radius 2 is 2.27 bits per heavy atom. The fraction of sp³-hybridized carbons (Fsp3) is 0. The predicted molar refractivity (Wildman–Crippen MR) is 47.6 cm³/mol. The van der Waals surface area contributed by atoms with Gasteiger partial charge < -0.3 is 5.11 Å². The number of aromatic nitrogens is 2. The zero-order valence-corrected chi connectivity index (χ0v) is 7.22. The van der Waals surface area contributed by atoms with Crippen molar-refractivity contribution in [1.82, 2.24) is 9.38 Å². The van der Waals surface area contributed by atoms with Gasteiger partial charge in [0.15, 0.2) is 5.69 Å². The van der Waals surface area contributed by atoms with Crippen LogP contribution >= 0.6 is 0 Å². The normalized spacial score (nSPS) is 10.5. The molecule has 0 aliphatic heterocycles. The maximum absolute atomic E-state index is 12.8. The smallest absolute Gasteiger partial charge is 0.358 e. The van der Waals surface area contributed by atoms with E-state index in [-0.39, 0.29) is 5.65 Å². The van der Waals surface area contributed by atoms with Gasteiger partial charge in [-0.15, -0.1) is 4.91 Å². The molecular weight excluding hydrogens is 205 g/mol. The van der Waals surface area contributed by atoms with Crippen LogP contribution in [0.1, 0.15) is 10.5 Å². The zero-order valence-electron chi connectivity index (χ0n) is 7.22. The Bertz CT molecular complexity index is 564. The number of nitroso groups, excluding NO2 is 1. The van der Waals surface area contributed by atoms with E-state index in [9.17, 15) is 14.1 Å². The number of pyridine rings is 1. The lowest BCUT2D eigenvalue weighted by Crippen LogP contribution is -1.96. The van der Waals surface area contributed by atoms with Gasteiger partial charge in [0, 0.05) is 6.20 Å². The number of imidazole rings is 1. The van der Waals surface area contributed by atoms with Crippen molar-refractivity contribution in [1.29, 1.82) is 0 Å². The molecule has 0 amide bonds. The van der Waals surface area contributed by atoms with Crippen LogP contribution in [0.2, 0.25) is 0 Å². The summed E-state index contributed by atoms with van der Waals surface area (Å²) in [6, 6.07) is 2.37. The summed E-state index contributed by atoms with van der Waals surface area (Å²) in [5.74, 6) is -2.41. The minimum Gasteiger partial charge on any atom is -0.476 e. The molecule has 0 unspecified atom stereocenters. The summed E-state index contributed by atoms with van der Waals surface area (Å²) in [6.07, 6.45) is 0.950. The van der Waals surface area contributed by atoms with Gasteiger partial charge in [0.25, 0.3) is 0 Å². The third-order valence-corrected chi connectivity index (χ3v) is 1.85. The van der Waals surface area contributed by atoms with Crippen LogP contribution in [-0.4, -0.2) is 20.5 Å². The molecule has 2 aromatic rings. The molecule has 15 heavy (non-hydrogen) atoms. The first kappa shape index (κ1) is 9.25. The summed E-state index contributed by atoms with van der Waals surface area (Å²) in [5.41, 5.74) is -0.334. The van der Waals surface area contributed by atoms with Crippen LogP contribution in [0.5, 0.6) is 0 Å². The van der Waals surface area contributed by atoms with E-state index in [1.54, 1.807) is 0 Å². The molecule has 7 heteroatoms. The minimum absolute atomic E-state index is 0.156. The number of halogens is 1. The van der Waals surface area contributed by atoms with Crippen molar-refractivity contribution >= 4 is 17.4 Å². The molecule has 2 aromatic heterocycles. The SMILES string of the molecule is O=Nc1c(C(=O)O)nc2ccc(F)cn12. The minimum atomic E-state index is -1.38. The van der Waals surface area contributed by atoms with Gasteiger partial charge in [0.05, 0.1) is 0 Å². The van der Waals surface area contributed by atoms with E-state index >= 15 is 0 Å². The molecule has 0 atom stereocenters. The van der Waals surface area contributed by atoms with E-state index in [1.807, 2.05) is 0 Å². The van der Waals surface area contributed by atoms with Gasteiger partial charge in [-0.05, 0) is 17.3 Å². The molecule has 6 nitrogen and oxygen atoms in total. The van der Waals surface area contributed by atoms with Gasteiger partial charge in [-0.1, -0.05) is 0 Å². The molecule has 0 aliphatic rings. The Hall–Kier alpha value is -2.31. The van der Waals surface area contributed by atoms with Crippen LogP contribution in [0.25, 0.3) is 5.65 Å². The monoisotopic (exact) mass is 209 g/mol. The standard InChI is InChI=1S/C8H4FN3O3/c9-4-1-2-5-10-6(8(13)14)7(11-15)12(5)3-4/h1-3H,(H,13,14). The molecule has 0 saturated carbocycles. The highest BCUT2D eigenvalue weighted by Crippen LogP contribution is 2.21. The molecule has 0 aromatic carbocycles. The molecule has 0 aliphatic carbocycles. The summed E-state index contributed by atoms with van der Waals surface area (Å²) >= 11 is 0. The second kappa shape index (κ2) is 3.12. The van der Waals surface area contributed by atoms with E-state index in [4.69, 9.17) is 5.11 Å². The Morgan fingerprint density at radius 1 is 1.53 bits per heavy atom. The molecular formula is C8H4FN3O3. The number of fused-ring (bicyclic) bond motifs is 1. The maximum Gasteiger partial charge on any atom is 0.358 e. The van der Waals surface area contributed by atoms with Crippen molar-refractivity contribution in [2.24, 2.45) is 5.18 Å². The average Bonchev–Trinajstić information content (AvgIpc) is 2.55. The molecule has 76 valence electrons. The number of nitrogens with zero attached hydrogens (tertiary/aromatic N) is 3. The molecule has 1 N–H and O–H groups in total. The van der Waals surface area contributed by atoms with Crippen molar-refractivity contribution in [3.63, 3.8) is 0 Å². The second-order valence-corrected chi connectivity index (χ2v) is 2.76. The number of rotatable bonds is 2. The third kappa shape index (κ3) is 1.33. The van der Waals surface area contributed by atoms with Gasteiger partial charge in [-0.2, -0.15) is 0 Å². The van der Waals surface area contributed by atoms with Crippen LogP contribution in [0, 0.1) is 10.7 Å². The van der Waals surface area contributed by atoms with Crippen LogP contribution in [0.3, 0.4) is 0 Å². The molecule has 2 rings (SSSR count). The van der Waals surface area contributed by atoms with Crippen LogP contribution in [0.15, 0.2) is 23.5 Å². The lowest BCUT2D eigenvalue weighted by molar-refractivity contribution is 0.0692. The van der Waals surface area contributed by atoms with E-state index in [2.05, 4.69) is 10.2 Å². The summed E-state index contributed by atoms with van der Waals surface area (Å²) < 4.78 is 13.8. The maximum atomic E-state index is 12.8. The second-order valence-electron chi connectivity index (χ2n) is 2.76. The van der Waals surface area contributed by atoms with E-state index < -0.39 is 23.3 Å². The van der Waals surface area contributed by atoms with E-state index in [1.165, 1.54) is 6.07 Å². The average molecular weight is 209 g/mol. The summed E-state index contributed by atoms with van der Waals surface area (Å²) in [7, 11) is 0. The molecule has 0 radical (unpaired) electrons. The highest BCUT2D eigenvalue weighted by atomic mass is 19.1. The third-order valence-electron chi connectivity index (χ3n) is 1.85. The molecule has 0 fully saturated rings. The number of hydrogen-bond acceptors (Lipinski definition) is 4. The first-order chi connectivity index (χ1) is 7.13. The number of aromatic carboxylic acids is 1. The topological polar surface area (TPSA) is 84.0 Å². The zero-order chi connectivity index (χ0) is 11.0. The highest BCUT2D eigenvalue weighted by Gasteiger charge is 2.19. The lowest BCUT2D eigenvalue weighted by Gasteiger charge is -1.93. The van der Waals surface area contributed by atoms with Gasteiger partial charge in [0.2, 0.25) is 5.82 Å². The van der Waals surface area contributed by atoms with E-state index in [0.717, 1.165) is 16.7 Å². The van der Waals surface area contributed by atoms with Gasteiger partial charge in [-0.25, -0.2) is 14.2 Å². The predicted octanol–water partition coefficient (Wildman–Crippen LogP) is 1.57. The lowest BCUT2D eigenvalue weighted by atomic mass is 10.4. The van der Waals surface area contributed by atoms with Crippen molar-refractivity contribution in [2.45, 2.75) is 0 Å². The number of carbonyl (C=O) groups is 1. The first-order valence-corrected chi connectivity index (χ1v) is 3.87. The Morgan fingerprint density at radius 3 is 2.87 bits per heavy atom. The highest BCUT2D eigenvalue weighted by molar-refractivity contribution is 5.91. The number of hydrogen-bond donors (Lipinski definition) is 1.